The van der Waals surface area contributed by atoms with Gasteiger partial charge in [-0.1, -0.05) is 12.1 Å². The molecular formula is C25H23F2N3O2. The second-order valence-corrected chi connectivity index (χ2v) is 8.08. The minimum absolute atomic E-state index is 0.169. The van der Waals surface area contributed by atoms with Gasteiger partial charge in [0, 0.05) is 29.9 Å². The molecule has 32 heavy (non-hydrogen) atoms. The Bertz CT molecular complexity index is 1190. The van der Waals surface area contributed by atoms with Crippen molar-refractivity contribution in [2.45, 2.75) is 39.3 Å². The maximum absolute atomic E-state index is 14.5. The normalized spacial score (nSPS) is 13.0. The average Bonchev–Trinajstić information content (AvgIpc) is 3.60. The molecule has 0 spiro atoms. The summed E-state index contributed by atoms with van der Waals surface area (Å²) in [6.07, 6.45) is 3.28. The van der Waals surface area contributed by atoms with E-state index in [-0.39, 0.29) is 35.8 Å². The third-order valence-electron chi connectivity index (χ3n) is 5.51. The number of halogens is 2. The lowest BCUT2D eigenvalue weighted by Gasteiger charge is -2.11. The van der Waals surface area contributed by atoms with Crippen molar-refractivity contribution in [3.05, 3.63) is 88.1 Å². The molecule has 0 saturated heterocycles. The molecule has 1 aromatic heterocycles. The number of rotatable bonds is 6. The number of hydrogen-bond donors (Lipinski definition) is 2. The molecule has 1 aliphatic rings. The molecule has 0 atom stereocenters. The smallest absolute Gasteiger partial charge is 0.253 e. The monoisotopic (exact) mass is 435 g/mol. The summed E-state index contributed by atoms with van der Waals surface area (Å²) < 4.78 is 28.1. The fraction of sp³-hybridized carbons (Fsp3) is 0.240. The Morgan fingerprint density at radius 1 is 0.969 bits per heavy atom. The predicted octanol–water partition coefficient (Wildman–Crippen LogP) is 4.47. The van der Waals surface area contributed by atoms with Gasteiger partial charge < -0.3 is 10.6 Å². The van der Waals surface area contributed by atoms with E-state index in [2.05, 4.69) is 15.6 Å². The zero-order chi connectivity index (χ0) is 22.8. The Labute approximate surface area is 184 Å². The fourth-order valence-corrected chi connectivity index (χ4v) is 3.29. The zero-order valence-electron chi connectivity index (χ0n) is 17.8. The summed E-state index contributed by atoms with van der Waals surface area (Å²) in [5.74, 6) is -1.47. The lowest BCUT2D eigenvalue weighted by Crippen LogP contribution is -2.25. The van der Waals surface area contributed by atoms with Crippen LogP contribution in [0.25, 0.3) is 11.3 Å². The first-order chi connectivity index (χ1) is 15.3. The van der Waals surface area contributed by atoms with Crippen molar-refractivity contribution < 1.29 is 18.4 Å². The van der Waals surface area contributed by atoms with Crippen LogP contribution in [-0.2, 0) is 6.54 Å². The molecule has 1 fully saturated rings. The molecule has 0 unspecified atom stereocenters. The van der Waals surface area contributed by atoms with E-state index in [1.807, 2.05) is 0 Å². The molecule has 5 nitrogen and oxygen atoms in total. The van der Waals surface area contributed by atoms with Crippen LogP contribution < -0.4 is 10.6 Å². The van der Waals surface area contributed by atoms with Gasteiger partial charge in [0.25, 0.3) is 11.8 Å². The van der Waals surface area contributed by atoms with Gasteiger partial charge in [-0.3, -0.25) is 14.6 Å². The summed E-state index contributed by atoms with van der Waals surface area (Å²) in [5, 5.41) is 5.58. The van der Waals surface area contributed by atoms with Crippen LogP contribution in [0.1, 0.15) is 50.2 Å². The van der Waals surface area contributed by atoms with Crippen molar-refractivity contribution in [2.24, 2.45) is 0 Å². The molecule has 1 heterocycles. The van der Waals surface area contributed by atoms with E-state index in [9.17, 15) is 18.4 Å². The highest BCUT2D eigenvalue weighted by atomic mass is 19.1. The molecule has 2 aromatic carbocycles. The molecule has 1 aliphatic carbocycles. The van der Waals surface area contributed by atoms with Gasteiger partial charge in [0.1, 0.15) is 11.6 Å². The molecule has 0 aliphatic heterocycles. The number of hydrogen-bond acceptors (Lipinski definition) is 3. The maximum Gasteiger partial charge on any atom is 0.253 e. The van der Waals surface area contributed by atoms with Gasteiger partial charge in [0.15, 0.2) is 0 Å². The molecule has 164 valence electrons. The van der Waals surface area contributed by atoms with Gasteiger partial charge in [-0.25, -0.2) is 8.78 Å². The highest BCUT2D eigenvalue weighted by molar-refractivity contribution is 5.96. The molecule has 4 rings (SSSR count). The molecule has 3 aromatic rings. The minimum Gasteiger partial charge on any atom is -0.349 e. The highest BCUT2D eigenvalue weighted by Crippen LogP contribution is 2.27. The van der Waals surface area contributed by atoms with E-state index in [4.69, 9.17) is 0 Å². The fourth-order valence-electron chi connectivity index (χ4n) is 3.29. The number of pyridine rings is 1. The van der Waals surface area contributed by atoms with E-state index in [1.165, 1.54) is 18.3 Å². The van der Waals surface area contributed by atoms with Crippen LogP contribution >= 0.6 is 0 Å². The van der Waals surface area contributed by atoms with Gasteiger partial charge in [0.05, 0.1) is 11.3 Å². The van der Waals surface area contributed by atoms with Crippen LogP contribution in [0.4, 0.5) is 8.78 Å². The van der Waals surface area contributed by atoms with E-state index < -0.39 is 5.82 Å². The largest absolute Gasteiger partial charge is 0.349 e. The van der Waals surface area contributed by atoms with E-state index >= 15 is 0 Å². The number of amides is 2. The molecule has 1 saturated carbocycles. The van der Waals surface area contributed by atoms with Gasteiger partial charge in [-0.05, 0) is 73.7 Å². The quantitative estimate of drug-likeness (QED) is 0.600. The Balaban J connectivity index is 1.49. The van der Waals surface area contributed by atoms with Crippen molar-refractivity contribution in [3.63, 3.8) is 0 Å². The molecular weight excluding hydrogens is 412 g/mol. The second-order valence-electron chi connectivity index (χ2n) is 8.08. The van der Waals surface area contributed by atoms with Crippen molar-refractivity contribution in [1.29, 1.82) is 0 Å². The first kappa shape index (κ1) is 21.6. The molecule has 2 amide bonds. The van der Waals surface area contributed by atoms with Gasteiger partial charge in [0.2, 0.25) is 0 Å². The van der Waals surface area contributed by atoms with Crippen LogP contribution in [0.15, 0.2) is 48.7 Å². The third kappa shape index (κ3) is 4.82. The first-order valence-corrected chi connectivity index (χ1v) is 10.4. The first-order valence-electron chi connectivity index (χ1n) is 10.4. The summed E-state index contributed by atoms with van der Waals surface area (Å²) >= 11 is 0. The Morgan fingerprint density at radius 3 is 2.41 bits per heavy atom. The van der Waals surface area contributed by atoms with Crippen molar-refractivity contribution >= 4 is 11.8 Å². The van der Waals surface area contributed by atoms with E-state index in [0.29, 0.717) is 33.5 Å². The lowest BCUT2D eigenvalue weighted by molar-refractivity contribution is 0.0942. The maximum atomic E-state index is 14.5. The summed E-state index contributed by atoms with van der Waals surface area (Å²) in [7, 11) is 0. The summed E-state index contributed by atoms with van der Waals surface area (Å²) in [6.45, 7) is 3.48. The van der Waals surface area contributed by atoms with Crippen molar-refractivity contribution in [1.82, 2.24) is 15.6 Å². The predicted molar refractivity (Wildman–Crippen MR) is 117 cm³/mol. The molecule has 7 heteroatoms. The topological polar surface area (TPSA) is 71.1 Å². The van der Waals surface area contributed by atoms with Gasteiger partial charge in [-0.15, -0.1) is 0 Å². The minimum atomic E-state index is -0.489. The Morgan fingerprint density at radius 2 is 1.75 bits per heavy atom. The summed E-state index contributed by atoms with van der Waals surface area (Å²) in [4.78, 5) is 29.1. The molecule has 0 bridgehead atoms. The van der Waals surface area contributed by atoms with Crippen LogP contribution in [0.3, 0.4) is 0 Å². The van der Waals surface area contributed by atoms with Crippen molar-refractivity contribution in [3.8, 4) is 11.3 Å². The zero-order valence-corrected chi connectivity index (χ0v) is 17.8. The molecule has 0 radical (unpaired) electrons. The number of nitrogens with one attached hydrogen (secondary N) is 2. The third-order valence-corrected chi connectivity index (χ3v) is 5.51. The SMILES string of the molecule is Cc1ccc(CNC(=O)c2ccc(-c3cc(C(=O)NC4CC4)cc(F)c3C)nc2)cc1F. The van der Waals surface area contributed by atoms with Crippen LogP contribution in [0, 0.1) is 25.5 Å². The van der Waals surface area contributed by atoms with Gasteiger partial charge in [-0.2, -0.15) is 0 Å². The molecule has 2 N–H and O–H groups in total. The summed E-state index contributed by atoms with van der Waals surface area (Å²) in [5.41, 5.74) is 3.08. The second kappa shape index (κ2) is 8.86. The van der Waals surface area contributed by atoms with E-state index in [0.717, 1.165) is 12.8 Å². The van der Waals surface area contributed by atoms with Crippen LogP contribution in [0.2, 0.25) is 0 Å². The number of nitrogens with zero attached hydrogens (tertiary/aromatic N) is 1. The standard InChI is InChI=1S/C25H23F2N3O2/c1-14-3-4-16(9-21(14)26)12-29-24(31)17-5-8-23(28-13-17)20-10-18(11-22(27)15(20)2)25(32)30-19-6-7-19/h3-5,8-11,13,19H,6-7,12H2,1-2H3,(H,29,31)(H,30,32). The Kier molecular flexibility index (Phi) is 5.99. The van der Waals surface area contributed by atoms with E-state index in [1.54, 1.807) is 44.2 Å². The number of carbonyl (C=O) groups excluding carboxylic acids is 2. The average molecular weight is 435 g/mol. The highest BCUT2D eigenvalue weighted by Gasteiger charge is 2.24. The number of aryl methyl sites for hydroxylation is 1. The van der Waals surface area contributed by atoms with Crippen molar-refractivity contribution in [2.75, 3.05) is 0 Å². The number of carbonyl (C=O) groups is 2. The van der Waals surface area contributed by atoms with Gasteiger partial charge >= 0.3 is 0 Å². The number of benzene rings is 2. The van der Waals surface area contributed by atoms with Crippen LogP contribution in [-0.4, -0.2) is 22.8 Å². The lowest BCUT2D eigenvalue weighted by atomic mass is 10.00. The Hall–Kier alpha value is -3.61. The number of aromatic nitrogens is 1. The van der Waals surface area contributed by atoms with Crippen LogP contribution in [0.5, 0.6) is 0 Å². The summed E-state index contributed by atoms with van der Waals surface area (Å²) in [6, 6.07) is 11.0.